The second kappa shape index (κ2) is 8.25. The fourth-order valence-electron chi connectivity index (χ4n) is 2.84. The molecule has 20 heavy (non-hydrogen) atoms. The van der Waals surface area contributed by atoms with Crippen LogP contribution in [0.2, 0.25) is 0 Å². The van der Waals surface area contributed by atoms with Gasteiger partial charge in [0.25, 0.3) is 0 Å². The predicted octanol–water partition coefficient (Wildman–Crippen LogP) is 1.49. The lowest BCUT2D eigenvalue weighted by Gasteiger charge is -2.33. The van der Waals surface area contributed by atoms with Gasteiger partial charge in [-0.1, -0.05) is 12.1 Å². The molecule has 0 radical (unpaired) electrons. The predicted molar refractivity (Wildman–Crippen MR) is 81.0 cm³/mol. The van der Waals surface area contributed by atoms with Crippen molar-refractivity contribution in [2.24, 2.45) is 5.92 Å². The molecular formula is C16H26N2O2. The summed E-state index contributed by atoms with van der Waals surface area (Å²) < 4.78 is 5.19. The number of piperidine rings is 1. The van der Waals surface area contributed by atoms with E-state index in [1.165, 1.54) is 24.9 Å². The zero-order valence-corrected chi connectivity index (χ0v) is 12.3. The third-order valence-electron chi connectivity index (χ3n) is 3.89. The number of nitrogens with zero attached hydrogens (tertiary/aromatic N) is 1. The molecule has 4 nitrogen and oxygen atoms in total. The molecule has 0 spiro atoms. The highest BCUT2D eigenvalue weighted by molar-refractivity contribution is 5.27. The zero-order valence-electron chi connectivity index (χ0n) is 12.3. The highest BCUT2D eigenvalue weighted by atomic mass is 16.5. The Hall–Kier alpha value is -1.10. The van der Waals surface area contributed by atoms with E-state index in [0.29, 0.717) is 12.5 Å². The third kappa shape index (κ3) is 4.78. The van der Waals surface area contributed by atoms with Crippen molar-refractivity contribution in [3.63, 3.8) is 0 Å². The molecule has 1 saturated heterocycles. The van der Waals surface area contributed by atoms with Crippen molar-refractivity contribution in [3.05, 3.63) is 29.8 Å². The number of aliphatic hydroxyl groups is 1. The van der Waals surface area contributed by atoms with Gasteiger partial charge in [-0.05, 0) is 49.5 Å². The molecule has 1 aromatic rings. The fourth-order valence-corrected chi connectivity index (χ4v) is 2.84. The summed E-state index contributed by atoms with van der Waals surface area (Å²) in [5, 5.41) is 12.1. The first-order chi connectivity index (χ1) is 9.81. The molecule has 1 heterocycles. The molecule has 1 unspecified atom stereocenters. The largest absolute Gasteiger partial charge is 0.497 e. The Bertz CT molecular complexity index is 381. The summed E-state index contributed by atoms with van der Waals surface area (Å²) in [7, 11) is 1.70. The summed E-state index contributed by atoms with van der Waals surface area (Å²) in [6.07, 6.45) is 2.55. The van der Waals surface area contributed by atoms with Crippen LogP contribution in [0.25, 0.3) is 0 Å². The van der Waals surface area contributed by atoms with E-state index < -0.39 is 0 Å². The van der Waals surface area contributed by atoms with Gasteiger partial charge in [0.15, 0.2) is 0 Å². The molecular weight excluding hydrogens is 252 g/mol. The van der Waals surface area contributed by atoms with Gasteiger partial charge in [0, 0.05) is 19.6 Å². The van der Waals surface area contributed by atoms with Crippen molar-refractivity contribution < 1.29 is 9.84 Å². The number of aliphatic hydroxyl groups excluding tert-OH is 1. The van der Waals surface area contributed by atoms with Crippen molar-refractivity contribution in [1.29, 1.82) is 0 Å². The van der Waals surface area contributed by atoms with E-state index in [1.54, 1.807) is 7.11 Å². The lowest BCUT2D eigenvalue weighted by molar-refractivity contribution is 0.163. The molecule has 0 saturated carbocycles. The molecule has 1 aliphatic rings. The molecule has 1 atom stereocenters. The number of ether oxygens (including phenoxy) is 1. The first kappa shape index (κ1) is 15.3. The maximum Gasteiger partial charge on any atom is 0.118 e. The monoisotopic (exact) mass is 278 g/mol. The molecule has 0 aromatic heterocycles. The third-order valence-corrected chi connectivity index (χ3v) is 3.89. The van der Waals surface area contributed by atoms with Gasteiger partial charge >= 0.3 is 0 Å². The van der Waals surface area contributed by atoms with Crippen LogP contribution in [-0.2, 0) is 6.54 Å². The molecule has 0 amide bonds. The summed E-state index contributed by atoms with van der Waals surface area (Å²) in [6.45, 7) is 5.28. The fraction of sp³-hybridized carbons (Fsp3) is 0.625. The van der Waals surface area contributed by atoms with Crippen LogP contribution in [0.3, 0.4) is 0 Å². The van der Waals surface area contributed by atoms with Crippen LogP contribution in [-0.4, -0.2) is 49.9 Å². The Balaban J connectivity index is 1.79. The van der Waals surface area contributed by atoms with E-state index in [9.17, 15) is 0 Å². The lowest BCUT2D eigenvalue weighted by atomic mass is 9.97. The molecule has 0 aliphatic carbocycles. The van der Waals surface area contributed by atoms with Gasteiger partial charge in [0.2, 0.25) is 0 Å². The summed E-state index contributed by atoms with van der Waals surface area (Å²) in [6, 6.07) is 8.35. The number of rotatable bonds is 7. The average molecular weight is 278 g/mol. The smallest absolute Gasteiger partial charge is 0.118 e. The summed E-state index contributed by atoms with van der Waals surface area (Å²) in [5.74, 6) is 1.62. The molecule has 1 aliphatic heterocycles. The maximum absolute atomic E-state index is 8.80. The Morgan fingerprint density at radius 3 is 2.85 bits per heavy atom. The maximum atomic E-state index is 8.80. The van der Waals surface area contributed by atoms with Crippen LogP contribution in [0.1, 0.15) is 18.4 Å². The zero-order chi connectivity index (χ0) is 14.2. The SMILES string of the molecule is COc1ccc(CN2CCCC(CNCCO)C2)cc1. The molecule has 0 bridgehead atoms. The minimum atomic E-state index is 0.224. The summed E-state index contributed by atoms with van der Waals surface area (Å²) >= 11 is 0. The Labute approximate surface area is 121 Å². The van der Waals surface area contributed by atoms with E-state index >= 15 is 0 Å². The number of hydrogen-bond acceptors (Lipinski definition) is 4. The van der Waals surface area contributed by atoms with Gasteiger partial charge in [0.1, 0.15) is 5.75 Å². The highest BCUT2D eigenvalue weighted by Crippen LogP contribution is 2.19. The number of benzene rings is 1. The second-order valence-electron chi connectivity index (χ2n) is 5.52. The first-order valence-electron chi connectivity index (χ1n) is 7.48. The van der Waals surface area contributed by atoms with Crippen molar-refractivity contribution in [1.82, 2.24) is 10.2 Å². The van der Waals surface area contributed by atoms with E-state index in [4.69, 9.17) is 9.84 Å². The molecule has 1 aromatic carbocycles. The highest BCUT2D eigenvalue weighted by Gasteiger charge is 2.19. The van der Waals surface area contributed by atoms with Crippen LogP contribution in [0.4, 0.5) is 0 Å². The lowest BCUT2D eigenvalue weighted by Crippen LogP contribution is -2.39. The van der Waals surface area contributed by atoms with E-state index in [2.05, 4.69) is 22.3 Å². The van der Waals surface area contributed by atoms with Gasteiger partial charge in [-0.2, -0.15) is 0 Å². The minimum absolute atomic E-state index is 0.224. The van der Waals surface area contributed by atoms with Crippen molar-refractivity contribution in [3.8, 4) is 5.75 Å². The van der Waals surface area contributed by atoms with Crippen molar-refractivity contribution in [2.75, 3.05) is 39.9 Å². The van der Waals surface area contributed by atoms with Crippen LogP contribution in [0.5, 0.6) is 5.75 Å². The van der Waals surface area contributed by atoms with E-state index in [-0.39, 0.29) is 6.61 Å². The topological polar surface area (TPSA) is 44.7 Å². The van der Waals surface area contributed by atoms with Crippen molar-refractivity contribution >= 4 is 0 Å². The van der Waals surface area contributed by atoms with Gasteiger partial charge < -0.3 is 15.2 Å². The Kier molecular flexibility index (Phi) is 6.30. The molecule has 112 valence electrons. The molecule has 4 heteroatoms. The number of nitrogens with one attached hydrogen (secondary N) is 1. The average Bonchev–Trinajstić information content (AvgIpc) is 2.49. The molecule has 2 N–H and O–H groups in total. The number of hydrogen-bond donors (Lipinski definition) is 2. The van der Waals surface area contributed by atoms with Gasteiger partial charge in [-0.25, -0.2) is 0 Å². The normalized spacial score (nSPS) is 20.0. The molecule has 2 rings (SSSR count). The minimum Gasteiger partial charge on any atom is -0.497 e. The van der Waals surface area contributed by atoms with E-state index in [0.717, 1.165) is 25.4 Å². The number of likely N-dealkylation sites (tertiary alicyclic amines) is 1. The van der Waals surface area contributed by atoms with Crippen LogP contribution >= 0.6 is 0 Å². The van der Waals surface area contributed by atoms with Gasteiger partial charge in [-0.3, -0.25) is 4.90 Å². The second-order valence-corrected chi connectivity index (χ2v) is 5.52. The Morgan fingerprint density at radius 1 is 1.35 bits per heavy atom. The number of methoxy groups -OCH3 is 1. The van der Waals surface area contributed by atoms with E-state index in [1.807, 2.05) is 12.1 Å². The summed E-state index contributed by atoms with van der Waals surface area (Å²) in [5.41, 5.74) is 1.34. The van der Waals surface area contributed by atoms with Crippen LogP contribution in [0, 0.1) is 5.92 Å². The Morgan fingerprint density at radius 2 is 2.15 bits per heavy atom. The quantitative estimate of drug-likeness (QED) is 0.742. The van der Waals surface area contributed by atoms with Gasteiger partial charge in [-0.15, -0.1) is 0 Å². The standard InChI is InChI=1S/C16H26N2O2/c1-20-16-6-4-14(5-7-16)12-18-9-2-3-15(13-18)11-17-8-10-19/h4-7,15,17,19H,2-3,8-13H2,1H3. The first-order valence-corrected chi connectivity index (χ1v) is 7.48. The van der Waals surface area contributed by atoms with Crippen LogP contribution in [0.15, 0.2) is 24.3 Å². The molecule has 1 fully saturated rings. The van der Waals surface area contributed by atoms with Gasteiger partial charge in [0.05, 0.1) is 13.7 Å². The van der Waals surface area contributed by atoms with Crippen LogP contribution < -0.4 is 10.1 Å². The summed E-state index contributed by atoms with van der Waals surface area (Å²) in [4.78, 5) is 2.52. The van der Waals surface area contributed by atoms with Crippen molar-refractivity contribution in [2.45, 2.75) is 19.4 Å².